The fraction of sp³-hybridized carbons (Fsp3) is 0.118. The third-order valence-electron chi connectivity index (χ3n) is 3.56. The molecule has 0 bridgehead atoms. The van der Waals surface area contributed by atoms with Crippen molar-refractivity contribution in [2.45, 2.75) is 18.7 Å². The van der Waals surface area contributed by atoms with Crippen LogP contribution < -0.4 is 4.72 Å². The van der Waals surface area contributed by atoms with Gasteiger partial charge in [0.15, 0.2) is 23.3 Å². The predicted octanol–water partition coefficient (Wildman–Crippen LogP) is 4.04. The Kier molecular flexibility index (Phi) is 4.30. The summed E-state index contributed by atoms with van der Waals surface area (Å²) in [5.41, 5.74) is 0.964. The van der Waals surface area contributed by atoms with Crippen LogP contribution in [-0.2, 0) is 10.0 Å². The molecule has 8 heteroatoms. The normalized spacial score (nSPS) is 11.5. The lowest BCUT2D eigenvalue weighted by Gasteiger charge is -2.11. The van der Waals surface area contributed by atoms with Crippen LogP contribution in [0.2, 0.25) is 0 Å². The number of oxazole rings is 1. The summed E-state index contributed by atoms with van der Waals surface area (Å²) in [6.07, 6.45) is 1.50. The van der Waals surface area contributed by atoms with Crippen LogP contribution in [0.1, 0.15) is 11.5 Å². The molecule has 0 unspecified atom stereocenters. The lowest BCUT2D eigenvalue weighted by Crippen LogP contribution is -2.14. The molecular formula is C17H14F2N2O3S. The zero-order chi connectivity index (χ0) is 18.2. The van der Waals surface area contributed by atoms with Gasteiger partial charge in [-0.1, -0.05) is 12.1 Å². The van der Waals surface area contributed by atoms with Gasteiger partial charge in [0, 0.05) is 18.6 Å². The Morgan fingerprint density at radius 2 is 1.80 bits per heavy atom. The standard InChI is InChI=1S/C17H14F2N2O3S/c1-10-3-4-12(16-9-20-11(2)24-16)7-17(10)25(22,23)21-13-5-6-14(18)15(19)8-13/h3-9,21H,1-2H3. The molecule has 1 aromatic heterocycles. The van der Waals surface area contributed by atoms with E-state index in [0.29, 0.717) is 22.8 Å². The lowest BCUT2D eigenvalue weighted by atomic mass is 10.1. The van der Waals surface area contributed by atoms with E-state index in [9.17, 15) is 17.2 Å². The van der Waals surface area contributed by atoms with Crippen LogP contribution in [0.25, 0.3) is 11.3 Å². The van der Waals surface area contributed by atoms with E-state index < -0.39 is 21.7 Å². The van der Waals surface area contributed by atoms with Crippen molar-refractivity contribution < 1.29 is 21.6 Å². The van der Waals surface area contributed by atoms with E-state index in [-0.39, 0.29) is 10.6 Å². The number of nitrogens with one attached hydrogen (secondary N) is 1. The Hall–Kier alpha value is -2.74. The number of hydrogen-bond donors (Lipinski definition) is 1. The smallest absolute Gasteiger partial charge is 0.262 e. The van der Waals surface area contributed by atoms with Gasteiger partial charge in [0.25, 0.3) is 10.0 Å². The molecule has 25 heavy (non-hydrogen) atoms. The van der Waals surface area contributed by atoms with Crippen molar-refractivity contribution in [2.75, 3.05) is 4.72 Å². The van der Waals surface area contributed by atoms with E-state index in [2.05, 4.69) is 9.71 Å². The maximum atomic E-state index is 13.3. The molecule has 0 atom stereocenters. The molecule has 3 aromatic rings. The van der Waals surface area contributed by atoms with Gasteiger partial charge in [0.1, 0.15) is 0 Å². The van der Waals surface area contributed by atoms with E-state index in [1.54, 1.807) is 26.0 Å². The second-order valence-electron chi connectivity index (χ2n) is 5.46. The number of aromatic nitrogens is 1. The van der Waals surface area contributed by atoms with Gasteiger partial charge in [0.05, 0.1) is 16.8 Å². The summed E-state index contributed by atoms with van der Waals surface area (Å²) in [7, 11) is -4.00. The molecule has 0 aliphatic rings. The van der Waals surface area contributed by atoms with Crippen molar-refractivity contribution in [2.24, 2.45) is 0 Å². The number of anilines is 1. The van der Waals surface area contributed by atoms with Crippen LogP contribution in [0.15, 0.2) is 51.9 Å². The maximum Gasteiger partial charge on any atom is 0.262 e. The molecule has 5 nitrogen and oxygen atoms in total. The fourth-order valence-electron chi connectivity index (χ4n) is 2.31. The summed E-state index contributed by atoms with van der Waals surface area (Å²) in [4.78, 5) is 3.99. The molecule has 130 valence electrons. The number of sulfonamides is 1. The molecule has 0 fully saturated rings. The Morgan fingerprint density at radius 3 is 2.44 bits per heavy atom. The second kappa shape index (κ2) is 6.29. The van der Waals surface area contributed by atoms with E-state index in [1.807, 2.05) is 0 Å². The van der Waals surface area contributed by atoms with Crippen molar-refractivity contribution in [1.29, 1.82) is 0 Å². The summed E-state index contributed by atoms with van der Waals surface area (Å²) in [5, 5.41) is 0. The van der Waals surface area contributed by atoms with Crippen LogP contribution in [0, 0.1) is 25.5 Å². The third kappa shape index (κ3) is 3.53. The number of benzene rings is 2. The number of aryl methyl sites for hydroxylation is 2. The molecule has 0 aliphatic carbocycles. The van der Waals surface area contributed by atoms with Crippen molar-refractivity contribution in [1.82, 2.24) is 4.98 Å². The molecule has 0 spiro atoms. The summed E-state index contributed by atoms with van der Waals surface area (Å²) >= 11 is 0. The van der Waals surface area contributed by atoms with Gasteiger partial charge in [-0.15, -0.1) is 0 Å². The maximum absolute atomic E-state index is 13.3. The summed E-state index contributed by atoms with van der Waals surface area (Å²) in [6, 6.07) is 7.57. The highest BCUT2D eigenvalue weighted by Crippen LogP contribution is 2.27. The minimum absolute atomic E-state index is 0.00351. The van der Waals surface area contributed by atoms with Gasteiger partial charge in [0.2, 0.25) is 0 Å². The van der Waals surface area contributed by atoms with E-state index >= 15 is 0 Å². The average Bonchev–Trinajstić information content (AvgIpc) is 2.97. The van der Waals surface area contributed by atoms with Crippen molar-refractivity contribution in [3.8, 4) is 11.3 Å². The first kappa shape index (κ1) is 17.1. The molecule has 2 aromatic carbocycles. The number of nitrogens with zero attached hydrogens (tertiary/aromatic N) is 1. The van der Waals surface area contributed by atoms with Crippen LogP contribution in [0.5, 0.6) is 0 Å². The first-order valence-corrected chi connectivity index (χ1v) is 8.76. The van der Waals surface area contributed by atoms with Gasteiger partial charge in [-0.3, -0.25) is 4.72 Å². The molecule has 0 aliphatic heterocycles. The topological polar surface area (TPSA) is 72.2 Å². The average molecular weight is 364 g/mol. The molecule has 0 amide bonds. The van der Waals surface area contributed by atoms with Crippen molar-refractivity contribution in [3.63, 3.8) is 0 Å². The van der Waals surface area contributed by atoms with Crippen LogP contribution in [-0.4, -0.2) is 13.4 Å². The minimum atomic E-state index is -4.00. The van der Waals surface area contributed by atoms with Gasteiger partial charge in [-0.05, 0) is 30.7 Å². The first-order valence-electron chi connectivity index (χ1n) is 7.27. The Bertz CT molecular complexity index is 1050. The Labute approximate surface area is 143 Å². The number of halogens is 2. The third-order valence-corrected chi connectivity index (χ3v) is 5.08. The largest absolute Gasteiger partial charge is 0.441 e. The summed E-state index contributed by atoms with van der Waals surface area (Å²) in [5.74, 6) is -1.30. The minimum Gasteiger partial charge on any atom is -0.441 e. The summed E-state index contributed by atoms with van der Waals surface area (Å²) in [6.45, 7) is 3.31. The Balaban J connectivity index is 2.00. The molecular weight excluding hydrogens is 350 g/mol. The van der Waals surface area contributed by atoms with Gasteiger partial charge in [-0.25, -0.2) is 22.2 Å². The molecule has 1 heterocycles. The number of rotatable bonds is 4. The van der Waals surface area contributed by atoms with Crippen LogP contribution in [0.4, 0.5) is 14.5 Å². The monoisotopic (exact) mass is 364 g/mol. The van der Waals surface area contributed by atoms with Gasteiger partial charge < -0.3 is 4.42 Å². The van der Waals surface area contributed by atoms with Gasteiger partial charge in [-0.2, -0.15) is 0 Å². The van der Waals surface area contributed by atoms with Crippen LogP contribution in [0.3, 0.4) is 0 Å². The quantitative estimate of drug-likeness (QED) is 0.758. The first-order chi connectivity index (χ1) is 11.8. The lowest BCUT2D eigenvalue weighted by molar-refractivity contribution is 0.509. The van der Waals surface area contributed by atoms with Crippen molar-refractivity contribution in [3.05, 3.63) is 65.7 Å². The highest BCUT2D eigenvalue weighted by atomic mass is 32.2. The molecule has 0 radical (unpaired) electrons. The number of hydrogen-bond acceptors (Lipinski definition) is 4. The molecule has 1 N–H and O–H groups in total. The highest BCUT2D eigenvalue weighted by molar-refractivity contribution is 7.92. The van der Waals surface area contributed by atoms with Gasteiger partial charge >= 0.3 is 0 Å². The summed E-state index contributed by atoms with van der Waals surface area (Å²) < 4.78 is 59.2. The van der Waals surface area contributed by atoms with E-state index in [1.165, 1.54) is 12.3 Å². The zero-order valence-corrected chi connectivity index (χ0v) is 14.2. The fourth-order valence-corrected chi connectivity index (χ4v) is 3.63. The van der Waals surface area contributed by atoms with Crippen molar-refractivity contribution >= 4 is 15.7 Å². The van der Waals surface area contributed by atoms with E-state index in [4.69, 9.17) is 4.42 Å². The molecule has 0 saturated carbocycles. The molecule has 0 saturated heterocycles. The zero-order valence-electron chi connectivity index (χ0n) is 13.4. The Morgan fingerprint density at radius 1 is 1.04 bits per heavy atom. The second-order valence-corrected chi connectivity index (χ2v) is 7.11. The predicted molar refractivity (Wildman–Crippen MR) is 88.6 cm³/mol. The van der Waals surface area contributed by atoms with Crippen LogP contribution >= 0.6 is 0 Å². The van der Waals surface area contributed by atoms with E-state index in [0.717, 1.165) is 18.2 Å². The SMILES string of the molecule is Cc1ncc(-c2ccc(C)c(S(=O)(=O)Nc3ccc(F)c(F)c3)c2)o1. The highest BCUT2D eigenvalue weighted by Gasteiger charge is 2.19. The molecule has 3 rings (SSSR count).